The summed E-state index contributed by atoms with van der Waals surface area (Å²) in [5, 5.41) is 0. The lowest BCUT2D eigenvalue weighted by Gasteiger charge is -2.32. The summed E-state index contributed by atoms with van der Waals surface area (Å²) in [6, 6.07) is 11.1. The molecule has 31 heavy (non-hydrogen) atoms. The van der Waals surface area contributed by atoms with Crippen molar-refractivity contribution in [3.63, 3.8) is 0 Å². The van der Waals surface area contributed by atoms with Gasteiger partial charge in [0.25, 0.3) is 0 Å². The molecule has 1 aliphatic rings. The maximum Gasteiger partial charge on any atom is 0.494 e. The van der Waals surface area contributed by atoms with Gasteiger partial charge in [0.2, 0.25) is 10.0 Å². The molecule has 1 saturated heterocycles. The smallest absolute Gasteiger partial charge is 0.484 e. The summed E-state index contributed by atoms with van der Waals surface area (Å²) in [6.07, 6.45) is -0.445. The molecule has 2 aromatic rings. The second-order valence-corrected chi connectivity index (χ2v) is 10.7. The normalized spacial score (nSPS) is 18.6. The number of sulfonamides is 1. The van der Waals surface area contributed by atoms with E-state index < -0.39 is 34.4 Å². The molecule has 3 rings (SSSR count). The molecule has 2 aromatic carbocycles. The first kappa shape index (κ1) is 23.6. The topological polar surface area (TPSA) is 73.9 Å². The van der Waals surface area contributed by atoms with E-state index in [9.17, 15) is 12.8 Å². The van der Waals surface area contributed by atoms with E-state index in [-0.39, 0.29) is 11.6 Å². The van der Waals surface area contributed by atoms with Crippen molar-refractivity contribution in [2.75, 3.05) is 10.5 Å². The molecule has 0 radical (unpaired) electrons. The third-order valence-corrected chi connectivity index (χ3v) is 7.11. The second kappa shape index (κ2) is 8.45. The van der Waals surface area contributed by atoms with Crippen LogP contribution in [0.2, 0.25) is 0 Å². The molecule has 1 fully saturated rings. The summed E-state index contributed by atoms with van der Waals surface area (Å²) in [5.41, 5.74) is 0.757. The Kier molecular flexibility index (Phi) is 6.42. The number of anilines is 1. The molecule has 168 valence electrons. The Labute approximate surface area is 184 Å². The highest BCUT2D eigenvalue weighted by molar-refractivity contribution is 7.92. The second-order valence-electron chi connectivity index (χ2n) is 8.66. The highest BCUT2D eigenvalue weighted by Crippen LogP contribution is 2.37. The number of benzene rings is 2. The van der Waals surface area contributed by atoms with Crippen molar-refractivity contribution < 1.29 is 26.9 Å². The van der Waals surface area contributed by atoms with Crippen LogP contribution < -0.4 is 14.9 Å². The van der Waals surface area contributed by atoms with Gasteiger partial charge in [-0.15, -0.1) is 0 Å². The zero-order valence-electron chi connectivity index (χ0n) is 18.7. The van der Waals surface area contributed by atoms with E-state index in [1.54, 1.807) is 37.3 Å². The Morgan fingerprint density at radius 2 is 1.65 bits per heavy atom. The number of hydrogen-bond acceptors (Lipinski definition) is 5. The minimum absolute atomic E-state index is 0.0705. The zero-order valence-corrected chi connectivity index (χ0v) is 19.5. The molecule has 1 N–H and O–H groups in total. The summed E-state index contributed by atoms with van der Waals surface area (Å²) >= 11 is 0. The Balaban J connectivity index is 1.95. The molecule has 0 aliphatic carbocycles. The van der Waals surface area contributed by atoms with Crippen LogP contribution in [0.3, 0.4) is 0 Å². The van der Waals surface area contributed by atoms with Gasteiger partial charge >= 0.3 is 7.12 Å². The summed E-state index contributed by atoms with van der Waals surface area (Å²) in [4.78, 5) is 0. The number of ether oxygens (including phenoxy) is 1. The quantitative estimate of drug-likeness (QED) is 0.647. The summed E-state index contributed by atoms with van der Waals surface area (Å²) in [6.45, 7) is 11.2. The van der Waals surface area contributed by atoms with Crippen LogP contribution in [0.1, 0.15) is 53.2 Å². The highest BCUT2D eigenvalue weighted by Gasteiger charge is 2.51. The minimum Gasteiger partial charge on any atom is -0.484 e. The van der Waals surface area contributed by atoms with Crippen LogP contribution in [-0.4, -0.2) is 32.5 Å². The van der Waals surface area contributed by atoms with Crippen LogP contribution in [0.5, 0.6) is 5.75 Å². The number of rotatable bonds is 7. The van der Waals surface area contributed by atoms with Crippen LogP contribution in [0.15, 0.2) is 42.5 Å². The molecule has 1 atom stereocenters. The van der Waals surface area contributed by atoms with Crippen LogP contribution >= 0.6 is 0 Å². The predicted octanol–water partition coefficient (Wildman–Crippen LogP) is 4.03. The molecule has 0 spiro atoms. The van der Waals surface area contributed by atoms with E-state index in [2.05, 4.69) is 4.72 Å². The van der Waals surface area contributed by atoms with Crippen LogP contribution in [0.25, 0.3) is 0 Å². The van der Waals surface area contributed by atoms with E-state index in [0.717, 1.165) is 5.56 Å². The van der Waals surface area contributed by atoms with E-state index in [1.807, 2.05) is 34.6 Å². The first-order valence-corrected chi connectivity index (χ1v) is 11.9. The van der Waals surface area contributed by atoms with Crippen molar-refractivity contribution in [1.82, 2.24) is 0 Å². The first-order chi connectivity index (χ1) is 14.3. The summed E-state index contributed by atoms with van der Waals surface area (Å²) < 4.78 is 58.5. The molecule has 6 nitrogen and oxygen atoms in total. The largest absolute Gasteiger partial charge is 0.494 e. The lowest BCUT2D eigenvalue weighted by atomic mass is 9.79. The van der Waals surface area contributed by atoms with Gasteiger partial charge in [0.15, 0.2) is 0 Å². The molecular formula is C22H29BFNO5S. The van der Waals surface area contributed by atoms with Gasteiger partial charge in [-0.1, -0.05) is 18.2 Å². The molecule has 0 amide bonds. The fraction of sp³-hybridized carbons (Fsp3) is 0.455. The van der Waals surface area contributed by atoms with Gasteiger partial charge < -0.3 is 14.0 Å². The molecule has 0 unspecified atom stereocenters. The molecule has 0 bridgehead atoms. The van der Waals surface area contributed by atoms with Crippen molar-refractivity contribution in [3.05, 3.63) is 53.8 Å². The third kappa shape index (κ3) is 5.22. The van der Waals surface area contributed by atoms with E-state index in [1.165, 1.54) is 12.1 Å². The van der Waals surface area contributed by atoms with E-state index in [4.69, 9.17) is 14.0 Å². The van der Waals surface area contributed by atoms with Gasteiger partial charge in [-0.3, -0.25) is 4.72 Å². The van der Waals surface area contributed by atoms with E-state index in [0.29, 0.717) is 16.9 Å². The monoisotopic (exact) mass is 449 g/mol. The van der Waals surface area contributed by atoms with Gasteiger partial charge in [0, 0.05) is 0 Å². The summed E-state index contributed by atoms with van der Waals surface area (Å²) in [5.74, 6) is -0.0741. The Morgan fingerprint density at radius 1 is 1.06 bits per heavy atom. The van der Waals surface area contributed by atoms with Crippen molar-refractivity contribution >= 4 is 28.3 Å². The zero-order chi connectivity index (χ0) is 23.0. The van der Waals surface area contributed by atoms with Crippen molar-refractivity contribution in [2.24, 2.45) is 0 Å². The Hall–Kier alpha value is -2.10. The van der Waals surface area contributed by atoms with Gasteiger partial charge in [0.1, 0.15) is 17.7 Å². The molecule has 9 heteroatoms. The molecule has 1 heterocycles. The predicted molar refractivity (Wildman–Crippen MR) is 121 cm³/mol. The maximum atomic E-state index is 13.3. The molecule has 0 saturated carbocycles. The highest BCUT2D eigenvalue weighted by atomic mass is 32.2. The fourth-order valence-electron chi connectivity index (χ4n) is 3.08. The van der Waals surface area contributed by atoms with Crippen molar-refractivity contribution in [3.8, 4) is 5.75 Å². The molecular weight excluding hydrogens is 420 g/mol. The maximum absolute atomic E-state index is 13.3. The van der Waals surface area contributed by atoms with Gasteiger partial charge in [0.05, 0.1) is 22.6 Å². The number of hydrogen-bond donors (Lipinski definition) is 1. The van der Waals surface area contributed by atoms with Crippen molar-refractivity contribution in [1.29, 1.82) is 0 Å². The molecule has 1 aliphatic heterocycles. The van der Waals surface area contributed by atoms with Gasteiger partial charge in [-0.25, -0.2) is 12.8 Å². The third-order valence-electron chi connectivity index (χ3n) is 5.82. The van der Waals surface area contributed by atoms with Crippen LogP contribution in [-0.2, 0) is 19.3 Å². The first-order valence-electron chi connectivity index (χ1n) is 10.3. The minimum atomic E-state index is -3.51. The average Bonchev–Trinajstić information content (AvgIpc) is 2.90. The lowest BCUT2D eigenvalue weighted by molar-refractivity contribution is 0.00578. The van der Waals surface area contributed by atoms with E-state index >= 15 is 0 Å². The summed E-state index contributed by atoms with van der Waals surface area (Å²) in [7, 11) is -4.13. The lowest BCUT2D eigenvalue weighted by Crippen LogP contribution is -2.41. The van der Waals surface area contributed by atoms with Gasteiger partial charge in [-0.2, -0.15) is 0 Å². The number of halogens is 1. The Bertz CT molecular complexity index is 1020. The standard InChI is InChI=1S/C22H29BFNO5S/c1-7-31(26,27)25-19-13-10-17(23-29-21(3,4)22(5,6)30-23)14-20(19)28-15(2)16-8-11-18(24)12-9-16/h8-15,25H,7H2,1-6H3/t15-/m0/s1. The van der Waals surface area contributed by atoms with Crippen LogP contribution in [0.4, 0.5) is 10.1 Å². The van der Waals surface area contributed by atoms with Gasteiger partial charge in [-0.05, 0) is 76.8 Å². The Morgan fingerprint density at radius 3 is 2.19 bits per heavy atom. The average molecular weight is 449 g/mol. The fourth-order valence-corrected chi connectivity index (χ4v) is 3.73. The molecule has 0 aromatic heterocycles. The van der Waals surface area contributed by atoms with Crippen LogP contribution in [0, 0.1) is 5.82 Å². The SMILES string of the molecule is CCS(=O)(=O)Nc1ccc(B2OC(C)(C)C(C)(C)O2)cc1O[C@@H](C)c1ccc(F)cc1. The number of nitrogens with one attached hydrogen (secondary N) is 1. The van der Waals surface area contributed by atoms with Crippen molar-refractivity contribution in [2.45, 2.75) is 58.8 Å².